The van der Waals surface area contributed by atoms with Crippen molar-refractivity contribution >= 4 is 34.8 Å². The quantitative estimate of drug-likeness (QED) is 0.896. The Morgan fingerprint density at radius 1 is 1.52 bits per heavy atom. The highest BCUT2D eigenvalue weighted by atomic mass is 35.5. The minimum atomic E-state index is -0.443. The van der Waals surface area contributed by atoms with Crippen LogP contribution in [-0.4, -0.2) is 35.7 Å². The summed E-state index contributed by atoms with van der Waals surface area (Å²) in [5.41, 5.74) is 1.14. The van der Waals surface area contributed by atoms with E-state index >= 15 is 0 Å². The summed E-state index contributed by atoms with van der Waals surface area (Å²) in [6, 6.07) is 5.05. The van der Waals surface area contributed by atoms with Crippen LogP contribution in [0, 0.1) is 5.92 Å². The molecule has 0 saturated carbocycles. The van der Waals surface area contributed by atoms with Crippen LogP contribution in [-0.2, 0) is 9.59 Å². The number of rotatable bonds is 4. The number of carbonyl (C=O) groups excluding carboxylic acids is 2. The molecule has 1 aromatic heterocycles. The van der Waals surface area contributed by atoms with Gasteiger partial charge < -0.3 is 15.0 Å². The maximum absolute atomic E-state index is 12.3. The predicted octanol–water partition coefficient (Wildman–Crippen LogP) is 2.06. The maximum atomic E-state index is 12.3. The summed E-state index contributed by atoms with van der Waals surface area (Å²) in [5.74, 6) is -0.263. The molecule has 0 unspecified atom stereocenters. The number of aromatic nitrogens is 2. The van der Waals surface area contributed by atoms with Gasteiger partial charge in [0.2, 0.25) is 11.8 Å². The molecule has 0 bridgehead atoms. The normalized spacial score (nSPS) is 17.4. The number of benzene rings is 1. The molecule has 3 rings (SSSR count). The number of H-pyrrole nitrogens is 1. The molecule has 1 aliphatic rings. The Kier molecular flexibility index (Phi) is 4.20. The second-order valence-electron chi connectivity index (χ2n) is 5.20. The Balaban J connectivity index is 1.77. The number of carbonyl (C=O) groups is 2. The first-order valence-electron chi connectivity index (χ1n) is 7.02. The van der Waals surface area contributed by atoms with Crippen molar-refractivity contribution in [2.45, 2.75) is 6.42 Å². The maximum Gasteiger partial charge on any atom is 0.229 e. The van der Waals surface area contributed by atoms with Crippen LogP contribution in [0.25, 0.3) is 0 Å². The second-order valence-corrected chi connectivity index (χ2v) is 5.63. The molecule has 120 valence electrons. The highest BCUT2D eigenvalue weighted by Crippen LogP contribution is 2.35. The number of methoxy groups -OCH3 is 1. The van der Waals surface area contributed by atoms with E-state index in [1.165, 1.54) is 18.2 Å². The van der Waals surface area contributed by atoms with Gasteiger partial charge in [0.1, 0.15) is 5.75 Å². The van der Waals surface area contributed by atoms with Crippen molar-refractivity contribution in [1.82, 2.24) is 10.2 Å². The van der Waals surface area contributed by atoms with E-state index in [2.05, 4.69) is 15.5 Å². The number of hydrogen-bond donors (Lipinski definition) is 2. The van der Waals surface area contributed by atoms with Gasteiger partial charge in [-0.15, -0.1) is 0 Å². The molecule has 0 spiro atoms. The fraction of sp³-hybridized carbons (Fsp3) is 0.267. The molecule has 23 heavy (non-hydrogen) atoms. The van der Waals surface area contributed by atoms with Gasteiger partial charge in [-0.05, 0) is 18.2 Å². The van der Waals surface area contributed by atoms with Crippen molar-refractivity contribution in [3.63, 3.8) is 0 Å². The molecule has 2 amide bonds. The summed E-state index contributed by atoms with van der Waals surface area (Å²) < 4.78 is 5.28. The highest BCUT2D eigenvalue weighted by Gasteiger charge is 2.36. The molecule has 0 aliphatic carbocycles. The average Bonchev–Trinajstić information content (AvgIpc) is 3.16. The topological polar surface area (TPSA) is 87.3 Å². The summed E-state index contributed by atoms with van der Waals surface area (Å²) >= 11 is 6.01. The van der Waals surface area contributed by atoms with Crippen LogP contribution in [0.5, 0.6) is 5.75 Å². The van der Waals surface area contributed by atoms with E-state index in [0.29, 0.717) is 22.1 Å². The molecule has 1 aliphatic heterocycles. The van der Waals surface area contributed by atoms with Gasteiger partial charge in [0.05, 0.1) is 30.6 Å². The number of ether oxygens (including phenoxy) is 1. The van der Waals surface area contributed by atoms with Gasteiger partial charge >= 0.3 is 0 Å². The van der Waals surface area contributed by atoms with Crippen LogP contribution < -0.4 is 15.0 Å². The second kappa shape index (κ2) is 6.29. The number of nitrogens with one attached hydrogen (secondary N) is 2. The van der Waals surface area contributed by atoms with Gasteiger partial charge in [0.15, 0.2) is 0 Å². The van der Waals surface area contributed by atoms with E-state index < -0.39 is 5.92 Å². The van der Waals surface area contributed by atoms with Crippen LogP contribution in [0.2, 0.25) is 5.02 Å². The Morgan fingerprint density at radius 3 is 3.04 bits per heavy atom. The zero-order valence-corrected chi connectivity index (χ0v) is 13.1. The van der Waals surface area contributed by atoms with Crippen molar-refractivity contribution in [3.05, 3.63) is 35.6 Å². The molecular weight excluding hydrogens is 320 g/mol. The molecule has 2 aromatic rings. The number of anilines is 2. The number of amides is 2. The zero-order chi connectivity index (χ0) is 16.4. The number of halogens is 1. The van der Waals surface area contributed by atoms with Gasteiger partial charge in [-0.25, -0.2) is 0 Å². The third kappa shape index (κ3) is 3.14. The van der Waals surface area contributed by atoms with E-state index in [9.17, 15) is 9.59 Å². The van der Waals surface area contributed by atoms with Crippen molar-refractivity contribution in [2.75, 3.05) is 23.9 Å². The largest absolute Gasteiger partial charge is 0.495 e. The Hall–Kier alpha value is -2.54. The minimum Gasteiger partial charge on any atom is -0.495 e. The molecule has 8 heteroatoms. The smallest absolute Gasteiger partial charge is 0.229 e. The monoisotopic (exact) mass is 334 g/mol. The van der Waals surface area contributed by atoms with Gasteiger partial charge in [0, 0.05) is 24.2 Å². The summed E-state index contributed by atoms with van der Waals surface area (Å²) in [4.78, 5) is 26.1. The standard InChI is InChI=1S/C15H15ClN4O3/c1-23-13-3-2-10(16)5-12(13)20-8-9(4-14(20)21)15(22)19-11-6-17-18-7-11/h2-3,5-7,9H,4,8H2,1H3,(H,17,18)(H,19,22)/t9-/m0/s1. The third-order valence-electron chi connectivity index (χ3n) is 3.69. The number of nitrogens with zero attached hydrogens (tertiary/aromatic N) is 2. The fourth-order valence-electron chi connectivity index (χ4n) is 2.55. The van der Waals surface area contributed by atoms with E-state index in [4.69, 9.17) is 16.3 Å². The lowest BCUT2D eigenvalue weighted by molar-refractivity contribution is -0.122. The fourth-order valence-corrected chi connectivity index (χ4v) is 2.72. The van der Waals surface area contributed by atoms with Crippen LogP contribution in [0.1, 0.15) is 6.42 Å². The van der Waals surface area contributed by atoms with Gasteiger partial charge in [0.25, 0.3) is 0 Å². The summed E-state index contributed by atoms with van der Waals surface area (Å²) in [5, 5.41) is 9.61. The molecule has 2 heterocycles. The first-order valence-corrected chi connectivity index (χ1v) is 7.40. The van der Waals surface area contributed by atoms with Crippen LogP contribution in [0.15, 0.2) is 30.6 Å². The van der Waals surface area contributed by atoms with Crippen molar-refractivity contribution in [2.24, 2.45) is 5.92 Å². The Morgan fingerprint density at radius 2 is 2.35 bits per heavy atom. The highest BCUT2D eigenvalue weighted by molar-refractivity contribution is 6.31. The number of hydrogen-bond acceptors (Lipinski definition) is 4. The van der Waals surface area contributed by atoms with Gasteiger partial charge in [-0.2, -0.15) is 5.10 Å². The average molecular weight is 335 g/mol. The Bertz CT molecular complexity index is 732. The molecule has 2 N–H and O–H groups in total. The van der Waals surface area contributed by atoms with E-state index in [1.807, 2.05) is 0 Å². The Labute approximate surface area is 137 Å². The molecule has 7 nitrogen and oxygen atoms in total. The molecular formula is C15H15ClN4O3. The lowest BCUT2D eigenvalue weighted by Crippen LogP contribution is -2.28. The SMILES string of the molecule is COc1ccc(Cl)cc1N1C[C@@H](C(=O)Nc2cn[nH]c2)CC1=O. The molecule has 1 atom stereocenters. The van der Waals surface area contributed by atoms with E-state index in [-0.39, 0.29) is 24.8 Å². The summed E-state index contributed by atoms with van der Waals surface area (Å²) in [7, 11) is 1.52. The van der Waals surface area contributed by atoms with Crippen molar-refractivity contribution in [1.29, 1.82) is 0 Å². The third-order valence-corrected chi connectivity index (χ3v) is 3.93. The van der Waals surface area contributed by atoms with Gasteiger partial charge in [-0.3, -0.25) is 14.7 Å². The minimum absolute atomic E-state index is 0.138. The first-order chi connectivity index (χ1) is 11.1. The lowest BCUT2D eigenvalue weighted by atomic mass is 10.1. The number of aromatic amines is 1. The van der Waals surface area contributed by atoms with Gasteiger partial charge in [-0.1, -0.05) is 11.6 Å². The molecule has 1 saturated heterocycles. The van der Waals surface area contributed by atoms with Crippen LogP contribution in [0.3, 0.4) is 0 Å². The van der Waals surface area contributed by atoms with E-state index in [0.717, 1.165) is 0 Å². The predicted molar refractivity (Wildman–Crippen MR) is 85.7 cm³/mol. The zero-order valence-electron chi connectivity index (χ0n) is 12.4. The van der Waals surface area contributed by atoms with Crippen molar-refractivity contribution in [3.8, 4) is 5.75 Å². The van der Waals surface area contributed by atoms with Crippen LogP contribution in [0.4, 0.5) is 11.4 Å². The van der Waals surface area contributed by atoms with Crippen LogP contribution >= 0.6 is 11.6 Å². The lowest BCUT2D eigenvalue weighted by Gasteiger charge is -2.19. The molecule has 1 fully saturated rings. The molecule has 0 radical (unpaired) electrons. The summed E-state index contributed by atoms with van der Waals surface area (Å²) in [6.45, 7) is 0.277. The van der Waals surface area contributed by atoms with E-state index in [1.54, 1.807) is 24.4 Å². The summed E-state index contributed by atoms with van der Waals surface area (Å²) in [6.07, 6.45) is 3.22. The van der Waals surface area contributed by atoms with Crippen molar-refractivity contribution < 1.29 is 14.3 Å². The first kappa shape index (κ1) is 15.4. The molecule has 1 aromatic carbocycles.